The Hall–Kier alpha value is -2.04. The van der Waals surface area contributed by atoms with Gasteiger partial charge in [-0.1, -0.05) is 29.8 Å². The van der Waals surface area contributed by atoms with E-state index in [1.807, 2.05) is 30.3 Å². The summed E-state index contributed by atoms with van der Waals surface area (Å²) in [7, 11) is 1.59. The number of Topliss-reactive ketones (excluding diaryl/α,β-unsaturated/α-hetero) is 1. The van der Waals surface area contributed by atoms with Crippen LogP contribution in [0.1, 0.15) is 28.8 Å². The summed E-state index contributed by atoms with van der Waals surface area (Å²) in [6.07, 6.45) is 1.88. The van der Waals surface area contributed by atoms with E-state index >= 15 is 0 Å². The number of carbonyl (C=O) groups excluding carboxylic acids is 1. The first-order chi connectivity index (χ1) is 12.1. The highest BCUT2D eigenvalue weighted by Crippen LogP contribution is 2.28. The lowest BCUT2D eigenvalue weighted by molar-refractivity contribution is 0.0808. The van der Waals surface area contributed by atoms with Gasteiger partial charge in [0.1, 0.15) is 11.5 Å². The molecule has 0 saturated carbocycles. The number of nitrogens with zero attached hydrogens (tertiary/aromatic N) is 1. The van der Waals surface area contributed by atoms with E-state index in [1.54, 1.807) is 19.2 Å². The molecule has 1 aliphatic rings. The summed E-state index contributed by atoms with van der Waals surface area (Å²) in [5.41, 5.74) is 1.69. The smallest absolute Gasteiger partial charge is 0.170 e. The fourth-order valence-corrected chi connectivity index (χ4v) is 3.59. The van der Waals surface area contributed by atoms with Crippen LogP contribution in [0.2, 0.25) is 5.02 Å². The number of hydrogen-bond acceptors (Lipinski definition) is 4. The number of rotatable bonds is 5. The van der Waals surface area contributed by atoms with E-state index in [-0.39, 0.29) is 17.5 Å². The number of aromatic hydroxyl groups is 1. The average molecular weight is 360 g/mol. The first-order valence-corrected chi connectivity index (χ1v) is 8.83. The Bertz CT molecular complexity index is 762. The number of likely N-dealkylation sites (tertiary alicyclic amines) is 1. The third-order valence-corrected chi connectivity index (χ3v) is 4.97. The molecule has 5 heteroatoms. The van der Waals surface area contributed by atoms with Gasteiger partial charge in [0, 0.05) is 19.0 Å². The number of phenols is 1. The second kappa shape index (κ2) is 7.89. The Morgan fingerprint density at radius 2 is 2.12 bits per heavy atom. The molecule has 4 nitrogen and oxygen atoms in total. The van der Waals surface area contributed by atoms with Gasteiger partial charge in [0.25, 0.3) is 0 Å². The highest BCUT2D eigenvalue weighted by Gasteiger charge is 2.28. The van der Waals surface area contributed by atoms with Crippen molar-refractivity contribution in [2.45, 2.75) is 19.4 Å². The molecule has 1 N–H and O–H groups in total. The topological polar surface area (TPSA) is 49.8 Å². The van der Waals surface area contributed by atoms with E-state index in [1.165, 1.54) is 0 Å². The number of methoxy groups -OCH3 is 1. The van der Waals surface area contributed by atoms with Gasteiger partial charge in [-0.05, 0) is 49.2 Å². The molecule has 1 aliphatic heterocycles. The number of ether oxygens (including phenoxy) is 1. The van der Waals surface area contributed by atoms with Crippen LogP contribution in [0.5, 0.6) is 11.5 Å². The minimum Gasteiger partial charge on any atom is -0.506 e. The van der Waals surface area contributed by atoms with Gasteiger partial charge in [0.05, 0.1) is 17.7 Å². The Morgan fingerprint density at radius 1 is 1.32 bits per heavy atom. The molecule has 1 fully saturated rings. The van der Waals surface area contributed by atoms with Gasteiger partial charge in [-0.3, -0.25) is 9.69 Å². The largest absolute Gasteiger partial charge is 0.506 e. The Balaban J connectivity index is 1.70. The molecular weight excluding hydrogens is 338 g/mol. The Labute approximate surface area is 153 Å². The summed E-state index contributed by atoms with van der Waals surface area (Å²) in [5, 5.41) is 9.90. The van der Waals surface area contributed by atoms with E-state index in [0.717, 1.165) is 38.0 Å². The number of ketones is 1. The molecule has 1 heterocycles. The molecule has 0 aliphatic carbocycles. The zero-order chi connectivity index (χ0) is 17.8. The number of halogens is 1. The van der Waals surface area contributed by atoms with E-state index < -0.39 is 0 Å². The van der Waals surface area contributed by atoms with Gasteiger partial charge >= 0.3 is 0 Å². The maximum absolute atomic E-state index is 12.9. The van der Waals surface area contributed by atoms with Crippen LogP contribution in [0.15, 0.2) is 42.5 Å². The lowest BCUT2D eigenvalue weighted by Crippen LogP contribution is -2.38. The van der Waals surface area contributed by atoms with Gasteiger partial charge < -0.3 is 9.84 Å². The molecule has 1 saturated heterocycles. The van der Waals surface area contributed by atoms with Crippen LogP contribution in [0, 0.1) is 5.92 Å². The van der Waals surface area contributed by atoms with Crippen LogP contribution >= 0.6 is 11.6 Å². The predicted octanol–water partition coefficient (Wildman–Crippen LogP) is 4.15. The monoisotopic (exact) mass is 359 g/mol. The van der Waals surface area contributed by atoms with E-state index in [0.29, 0.717) is 16.3 Å². The number of para-hydroxylation sites is 1. The zero-order valence-electron chi connectivity index (χ0n) is 14.2. The van der Waals surface area contributed by atoms with E-state index in [2.05, 4.69) is 4.90 Å². The van der Waals surface area contributed by atoms with Gasteiger partial charge in [-0.2, -0.15) is 0 Å². The fraction of sp³-hybridized carbons (Fsp3) is 0.350. The van der Waals surface area contributed by atoms with Crippen LogP contribution in [-0.2, 0) is 6.54 Å². The van der Waals surface area contributed by atoms with E-state index in [4.69, 9.17) is 16.3 Å². The van der Waals surface area contributed by atoms with E-state index in [9.17, 15) is 9.90 Å². The third kappa shape index (κ3) is 4.14. The van der Waals surface area contributed by atoms with Crippen LogP contribution < -0.4 is 4.74 Å². The van der Waals surface area contributed by atoms with Gasteiger partial charge in [0.15, 0.2) is 5.78 Å². The Kier molecular flexibility index (Phi) is 5.61. The average Bonchev–Trinajstić information content (AvgIpc) is 2.64. The summed E-state index contributed by atoms with van der Waals surface area (Å²) < 4.78 is 5.33. The lowest BCUT2D eigenvalue weighted by Gasteiger charge is -2.32. The fourth-order valence-electron chi connectivity index (χ4n) is 3.39. The molecule has 3 rings (SSSR count). The molecule has 2 aromatic rings. The van der Waals surface area contributed by atoms with Crippen molar-refractivity contribution in [1.82, 2.24) is 4.90 Å². The normalized spacial score (nSPS) is 18.1. The standard InChI is InChI=1S/C20H22ClNO3/c1-25-19-7-3-2-6-16(19)20(24)15-5-4-10-22(13-15)12-14-8-9-18(23)17(21)11-14/h2-3,6-9,11,15,23H,4-5,10,12-13H2,1H3. The molecule has 0 aromatic heterocycles. The lowest BCUT2D eigenvalue weighted by atomic mass is 9.89. The number of hydrogen-bond donors (Lipinski definition) is 1. The summed E-state index contributed by atoms with van der Waals surface area (Å²) >= 11 is 5.99. The number of piperidine rings is 1. The molecule has 1 unspecified atom stereocenters. The van der Waals surface area contributed by atoms with Crippen LogP contribution in [0.3, 0.4) is 0 Å². The zero-order valence-corrected chi connectivity index (χ0v) is 15.0. The van der Waals surface area contributed by atoms with Crippen molar-refractivity contribution >= 4 is 17.4 Å². The van der Waals surface area contributed by atoms with Gasteiger partial charge in [-0.25, -0.2) is 0 Å². The molecule has 1 atom stereocenters. The summed E-state index contributed by atoms with van der Waals surface area (Å²) in [6, 6.07) is 12.7. The minimum absolute atomic E-state index is 0.0300. The second-order valence-corrected chi connectivity index (χ2v) is 6.83. The quantitative estimate of drug-likeness (QED) is 0.815. The maximum atomic E-state index is 12.9. The van der Waals surface area contributed by atoms with Crippen LogP contribution in [0.4, 0.5) is 0 Å². The highest BCUT2D eigenvalue weighted by atomic mass is 35.5. The van der Waals surface area contributed by atoms with Crippen molar-refractivity contribution in [2.24, 2.45) is 5.92 Å². The van der Waals surface area contributed by atoms with Crippen molar-refractivity contribution in [3.8, 4) is 11.5 Å². The first kappa shape index (κ1) is 17.8. The van der Waals surface area contributed by atoms with Gasteiger partial charge in [-0.15, -0.1) is 0 Å². The molecule has 0 bridgehead atoms. The molecule has 25 heavy (non-hydrogen) atoms. The van der Waals surface area contributed by atoms with Crippen molar-refractivity contribution in [3.05, 3.63) is 58.6 Å². The molecule has 2 aromatic carbocycles. The third-order valence-electron chi connectivity index (χ3n) is 4.67. The number of phenolic OH excluding ortho intramolecular Hbond substituents is 1. The van der Waals surface area contributed by atoms with Crippen molar-refractivity contribution < 1.29 is 14.6 Å². The minimum atomic E-state index is -0.0300. The van der Waals surface area contributed by atoms with Crippen LogP contribution in [-0.4, -0.2) is 36.0 Å². The highest BCUT2D eigenvalue weighted by molar-refractivity contribution is 6.32. The number of benzene rings is 2. The van der Waals surface area contributed by atoms with Crippen molar-refractivity contribution in [1.29, 1.82) is 0 Å². The molecule has 132 valence electrons. The molecular formula is C20H22ClNO3. The van der Waals surface area contributed by atoms with Crippen LogP contribution in [0.25, 0.3) is 0 Å². The Morgan fingerprint density at radius 3 is 2.88 bits per heavy atom. The van der Waals surface area contributed by atoms with Crippen molar-refractivity contribution in [2.75, 3.05) is 20.2 Å². The summed E-state index contributed by atoms with van der Waals surface area (Å²) in [6.45, 7) is 2.39. The van der Waals surface area contributed by atoms with Crippen molar-refractivity contribution in [3.63, 3.8) is 0 Å². The first-order valence-electron chi connectivity index (χ1n) is 8.45. The maximum Gasteiger partial charge on any atom is 0.170 e. The SMILES string of the molecule is COc1ccccc1C(=O)C1CCCN(Cc2ccc(O)c(Cl)c2)C1. The molecule has 0 amide bonds. The molecule has 0 spiro atoms. The second-order valence-electron chi connectivity index (χ2n) is 6.42. The molecule has 0 radical (unpaired) electrons. The summed E-state index contributed by atoms with van der Waals surface area (Å²) in [5.74, 6) is 0.840. The predicted molar refractivity (Wildman–Crippen MR) is 98.4 cm³/mol. The summed E-state index contributed by atoms with van der Waals surface area (Å²) in [4.78, 5) is 15.2. The van der Waals surface area contributed by atoms with Gasteiger partial charge in [0.2, 0.25) is 0 Å². The number of carbonyl (C=O) groups is 1.